The molecule has 2 aromatic rings. The van der Waals surface area contributed by atoms with E-state index in [1.54, 1.807) is 20.8 Å². The Bertz CT molecular complexity index is 1580. The van der Waals surface area contributed by atoms with Crippen LogP contribution in [-0.2, 0) is 31.7 Å². The number of benzene rings is 2. The van der Waals surface area contributed by atoms with Crippen LogP contribution in [0.15, 0.2) is 53.4 Å². The smallest absolute Gasteiger partial charge is 0.416 e. The number of hydrogen-bond acceptors (Lipinski definition) is 6. The number of alkyl halides is 5. The zero-order chi connectivity index (χ0) is 35.8. The molecule has 3 fully saturated rings. The van der Waals surface area contributed by atoms with Gasteiger partial charge in [0.15, 0.2) is 6.04 Å². The number of halogens is 5. The van der Waals surface area contributed by atoms with Gasteiger partial charge in [-0.25, -0.2) is 13.2 Å². The summed E-state index contributed by atoms with van der Waals surface area (Å²) >= 11 is 0. The van der Waals surface area contributed by atoms with E-state index in [1.807, 2.05) is 4.72 Å². The second kappa shape index (κ2) is 14.0. The first-order valence-corrected chi connectivity index (χ1v) is 17.9. The van der Waals surface area contributed by atoms with Crippen LogP contribution in [0.2, 0.25) is 0 Å². The van der Waals surface area contributed by atoms with Gasteiger partial charge >= 0.3 is 12.3 Å². The Hall–Kier alpha value is -3.46. The lowest BCUT2D eigenvalue weighted by atomic mass is 9.94. The van der Waals surface area contributed by atoms with Gasteiger partial charge in [-0.05, 0) is 102 Å². The van der Waals surface area contributed by atoms with Crippen LogP contribution in [0.4, 0.5) is 26.7 Å². The van der Waals surface area contributed by atoms with Crippen LogP contribution in [-0.4, -0.2) is 61.7 Å². The number of nitrogens with zero attached hydrogens (tertiary/aromatic N) is 1. The molecule has 270 valence electrons. The van der Waals surface area contributed by atoms with Gasteiger partial charge in [0.25, 0.3) is 5.92 Å². The minimum absolute atomic E-state index is 0.217. The molecule has 2 aromatic carbocycles. The number of piperidine rings is 1. The first-order chi connectivity index (χ1) is 22.8. The van der Waals surface area contributed by atoms with E-state index in [1.165, 1.54) is 29.2 Å². The fraction of sp³-hybridized carbons (Fsp3) is 0.588. The van der Waals surface area contributed by atoms with Crippen LogP contribution in [0, 0.1) is 5.92 Å². The van der Waals surface area contributed by atoms with Gasteiger partial charge in [0.1, 0.15) is 11.4 Å². The summed E-state index contributed by atoms with van der Waals surface area (Å²) in [5, 5.41) is 2.77. The molecule has 49 heavy (non-hydrogen) atoms. The molecule has 9 nitrogen and oxygen atoms in total. The fourth-order valence-corrected chi connectivity index (χ4v) is 8.12. The van der Waals surface area contributed by atoms with E-state index in [4.69, 9.17) is 9.47 Å². The molecule has 2 amide bonds. The van der Waals surface area contributed by atoms with Gasteiger partial charge in [0.05, 0.1) is 17.1 Å². The lowest BCUT2D eigenvalue weighted by Gasteiger charge is -2.42. The Balaban J connectivity index is 1.39. The van der Waals surface area contributed by atoms with E-state index >= 15 is 8.78 Å². The highest BCUT2D eigenvalue weighted by atomic mass is 32.2. The first-order valence-electron chi connectivity index (χ1n) is 16.5. The number of ether oxygens (including phenoxy) is 2. The molecule has 1 aliphatic carbocycles. The standard InChI is InChI=1S/C34H42F5N3O6S/c1-32(2,3)48-31(44)40-24-18-25-12-13-26(19-24)42(25)30(43)29(33(35,36)22-8-10-23(11-9-22)34(37,38)39)41-49(45,46)28-16-14-27(15-17-28)47-20-21-6-4-5-7-21/h8-11,14-17,21,24-26,29,41H,4-7,12-13,18-20H2,1-3H3,(H,40,44). The summed E-state index contributed by atoms with van der Waals surface area (Å²) in [5.74, 6) is -4.68. The molecule has 1 saturated carbocycles. The third-order valence-electron chi connectivity index (χ3n) is 9.28. The molecule has 2 N–H and O–H groups in total. The summed E-state index contributed by atoms with van der Waals surface area (Å²) in [6.07, 6.45) is 0.154. The normalized spacial score (nSPS) is 22.5. The van der Waals surface area contributed by atoms with Gasteiger partial charge in [-0.3, -0.25) is 4.79 Å². The highest BCUT2D eigenvalue weighted by molar-refractivity contribution is 7.89. The second-order valence-corrected chi connectivity index (χ2v) is 15.8. The Morgan fingerprint density at radius 2 is 1.41 bits per heavy atom. The summed E-state index contributed by atoms with van der Waals surface area (Å²) < 4.78 is 112. The van der Waals surface area contributed by atoms with E-state index in [0.717, 1.165) is 25.7 Å². The lowest BCUT2D eigenvalue weighted by Crippen LogP contribution is -2.61. The predicted octanol–water partition coefficient (Wildman–Crippen LogP) is 6.76. The van der Waals surface area contributed by atoms with Crippen LogP contribution >= 0.6 is 0 Å². The highest BCUT2D eigenvalue weighted by Crippen LogP contribution is 2.41. The third-order valence-corrected chi connectivity index (χ3v) is 10.7. The van der Waals surface area contributed by atoms with Crippen LogP contribution in [0.1, 0.15) is 83.3 Å². The molecule has 2 saturated heterocycles. The minimum atomic E-state index is -4.80. The zero-order valence-corrected chi connectivity index (χ0v) is 28.4. The summed E-state index contributed by atoms with van der Waals surface area (Å²) in [5.41, 5.74) is -2.90. The number of hydrogen-bond donors (Lipinski definition) is 2. The minimum Gasteiger partial charge on any atom is -0.493 e. The van der Waals surface area contributed by atoms with Gasteiger partial charge in [-0.1, -0.05) is 25.0 Å². The molecule has 3 unspecified atom stereocenters. The van der Waals surface area contributed by atoms with Crippen molar-refractivity contribution in [3.05, 3.63) is 59.7 Å². The van der Waals surface area contributed by atoms with Crippen molar-refractivity contribution in [3.63, 3.8) is 0 Å². The number of rotatable bonds is 10. The summed E-state index contributed by atoms with van der Waals surface area (Å²) in [6, 6.07) is 2.86. The second-order valence-electron chi connectivity index (χ2n) is 14.1. The highest BCUT2D eigenvalue weighted by Gasteiger charge is 2.54. The van der Waals surface area contributed by atoms with Crippen LogP contribution < -0.4 is 14.8 Å². The van der Waals surface area contributed by atoms with E-state index in [9.17, 15) is 31.2 Å². The maximum Gasteiger partial charge on any atom is 0.416 e. The van der Waals surface area contributed by atoms with Crippen molar-refractivity contribution < 1.29 is 49.4 Å². The fourth-order valence-electron chi connectivity index (χ4n) is 6.93. The van der Waals surface area contributed by atoms with Crippen LogP contribution in [0.3, 0.4) is 0 Å². The lowest BCUT2D eigenvalue weighted by molar-refractivity contribution is -0.149. The van der Waals surface area contributed by atoms with Gasteiger partial charge < -0.3 is 19.7 Å². The number of sulfonamides is 1. The number of fused-ring (bicyclic) bond motifs is 2. The van der Waals surface area contributed by atoms with Gasteiger partial charge in [-0.2, -0.15) is 26.7 Å². The van der Waals surface area contributed by atoms with Crippen LogP contribution in [0.5, 0.6) is 5.75 Å². The van der Waals surface area contributed by atoms with Crippen molar-refractivity contribution in [2.45, 2.75) is 119 Å². The van der Waals surface area contributed by atoms with E-state index in [2.05, 4.69) is 5.32 Å². The number of nitrogens with one attached hydrogen (secondary N) is 2. The van der Waals surface area contributed by atoms with Gasteiger partial charge in [0.2, 0.25) is 15.9 Å². The Kier molecular flexibility index (Phi) is 10.6. The van der Waals surface area contributed by atoms with Crippen molar-refractivity contribution in [2.75, 3.05) is 6.61 Å². The number of amides is 2. The summed E-state index contributed by atoms with van der Waals surface area (Å²) in [7, 11) is -4.76. The Morgan fingerprint density at radius 3 is 1.94 bits per heavy atom. The average Bonchev–Trinajstić information content (AvgIpc) is 3.63. The number of carbonyl (C=O) groups is 2. The molecule has 3 atom stereocenters. The topological polar surface area (TPSA) is 114 Å². The van der Waals surface area contributed by atoms with Crippen molar-refractivity contribution in [3.8, 4) is 5.75 Å². The van der Waals surface area contributed by atoms with Crippen molar-refractivity contribution in [1.29, 1.82) is 0 Å². The molecule has 2 heterocycles. The molecule has 3 aliphatic rings. The molecule has 2 bridgehead atoms. The number of alkyl carbamates (subject to hydrolysis) is 1. The molecule has 0 spiro atoms. The quantitative estimate of drug-likeness (QED) is 0.263. The maximum absolute atomic E-state index is 16.3. The molecule has 0 radical (unpaired) electrons. The first kappa shape index (κ1) is 36.8. The zero-order valence-electron chi connectivity index (χ0n) is 27.6. The Labute approximate surface area is 282 Å². The van der Waals surface area contributed by atoms with E-state index in [0.29, 0.717) is 55.4 Å². The predicted molar refractivity (Wildman–Crippen MR) is 169 cm³/mol. The summed E-state index contributed by atoms with van der Waals surface area (Å²) in [6.45, 7) is 5.57. The van der Waals surface area contributed by atoms with Crippen molar-refractivity contribution >= 4 is 22.0 Å². The third kappa shape index (κ3) is 8.83. The van der Waals surface area contributed by atoms with Crippen LogP contribution in [0.25, 0.3) is 0 Å². The van der Waals surface area contributed by atoms with E-state index in [-0.39, 0.29) is 12.8 Å². The van der Waals surface area contributed by atoms with E-state index < -0.39 is 79.9 Å². The SMILES string of the molecule is CC(C)(C)OC(=O)NC1CC2CCC(C1)N2C(=O)C(NS(=O)(=O)c1ccc(OCC2CCCC2)cc1)C(F)(F)c1ccc(C(F)(F)F)cc1. The molecular formula is C34H42F5N3O6S. The molecule has 0 aromatic heterocycles. The van der Waals surface area contributed by atoms with Gasteiger partial charge in [-0.15, -0.1) is 0 Å². The monoisotopic (exact) mass is 715 g/mol. The van der Waals surface area contributed by atoms with Crippen molar-refractivity contribution in [1.82, 2.24) is 14.9 Å². The molecule has 5 rings (SSSR count). The molecular weight excluding hydrogens is 673 g/mol. The average molecular weight is 716 g/mol. The van der Waals surface area contributed by atoms with Crippen molar-refractivity contribution in [2.24, 2.45) is 5.92 Å². The summed E-state index contributed by atoms with van der Waals surface area (Å²) in [4.78, 5) is 27.3. The Morgan fingerprint density at radius 1 is 0.857 bits per heavy atom. The molecule has 15 heteroatoms. The molecule has 2 aliphatic heterocycles. The maximum atomic E-state index is 16.3. The van der Waals surface area contributed by atoms with Gasteiger partial charge in [0, 0.05) is 23.7 Å². The largest absolute Gasteiger partial charge is 0.493 e. The number of carbonyl (C=O) groups excluding carboxylic acids is 2.